The van der Waals surface area contributed by atoms with Crippen LogP contribution in [0.4, 0.5) is 11.4 Å². The fraction of sp³-hybridized carbons (Fsp3) is 0.160. The molecule has 1 amide bonds. The zero-order valence-corrected chi connectivity index (χ0v) is 18.3. The molecule has 0 saturated heterocycles. The molecule has 0 aliphatic carbocycles. The first kappa shape index (κ1) is 20.9. The van der Waals surface area contributed by atoms with Gasteiger partial charge in [-0.2, -0.15) is 0 Å². The second-order valence-corrected chi connectivity index (χ2v) is 9.61. The first-order valence-corrected chi connectivity index (χ1v) is 11.6. The van der Waals surface area contributed by atoms with E-state index in [1.165, 1.54) is 9.87 Å². The summed E-state index contributed by atoms with van der Waals surface area (Å²) < 4.78 is 27.5. The third-order valence-corrected chi connectivity index (χ3v) is 7.24. The predicted molar refractivity (Wildman–Crippen MR) is 125 cm³/mol. The highest BCUT2D eigenvalue weighted by Crippen LogP contribution is 2.43. The summed E-state index contributed by atoms with van der Waals surface area (Å²) >= 11 is 0. The van der Waals surface area contributed by atoms with E-state index in [-0.39, 0.29) is 17.3 Å². The van der Waals surface area contributed by atoms with Crippen LogP contribution in [0.2, 0.25) is 0 Å². The minimum atomic E-state index is -3.69. The topological polar surface area (TPSA) is 66.5 Å². The van der Waals surface area contributed by atoms with Crippen molar-refractivity contribution in [2.75, 3.05) is 16.2 Å². The second kappa shape index (κ2) is 8.04. The lowest BCUT2D eigenvalue weighted by Crippen LogP contribution is -2.34. The third-order valence-electron chi connectivity index (χ3n) is 5.40. The van der Waals surface area contributed by atoms with E-state index in [1.54, 1.807) is 48.5 Å². The lowest BCUT2D eigenvalue weighted by molar-refractivity contribution is 0.102. The number of nitrogens with zero attached hydrogens (tertiary/aromatic N) is 1. The molecule has 0 atom stereocenters. The first-order chi connectivity index (χ1) is 14.8. The molecule has 158 valence electrons. The van der Waals surface area contributed by atoms with Gasteiger partial charge >= 0.3 is 0 Å². The largest absolute Gasteiger partial charge is 0.322 e. The highest BCUT2D eigenvalue weighted by molar-refractivity contribution is 7.93. The number of rotatable bonds is 5. The molecule has 0 bridgehead atoms. The monoisotopic (exact) mass is 432 g/mol. The van der Waals surface area contributed by atoms with Crippen molar-refractivity contribution >= 4 is 27.3 Å². The van der Waals surface area contributed by atoms with Crippen molar-refractivity contribution in [2.24, 2.45) is 0 Å². The van der Waals surface area contributed by atoms with E-state index in [0.717, 1.165) is 0 Å². The molecule has 1 heterocycles. The highest BCUT2D eigenvalue weighted by atomic mass is 32.2. The Bertz CT molecular complexity index is 1260. The van der Waals surface area contributed by atoms with Crippen LogP contribution in [0.25, 0.3) is 11.1 Å². The van der Waals surface area contributed by atoms with Gasteiger partial charge in [0.2, 0.25) is 0 Å². The van der Waals surface area contributed by atoms with Crippen LogP contribution in [0.3, 0.4) is 0 Å². The fourth-order valence-corrected chi connectivity index (χ4v) is 5.40. The van der Waals surface area contributed by atoms with Gasteiger partial charge in [0.25, 0.3) is 15.9 Å². The van der Waals surface area contributed by atoms with Crippen molar-refractivity contribution in [1.29, 1.82) is 0 Å². The lowest BCUT2D eigenvalue weighted by atomic mass is 9.99. The molecule has 0 fully saturated rings. The van der Waals surface area contributed by atoms with Crippen molar-refractivity contribution < 1.29 is 13.2 Å². The molecule has 4 rings (SSSR count). The average molecular weight is 433 g/mol. The van der Waals surface area contributed by atoms with Gasteiger partial charge in [-0.3, -0.25) is 9.10 Å². The zero-order chi connectivity index (χ0) is 22.2. The zero-order valence-electron chi connectivity index (χ0n) is 17.5. The number of fused-ring (bicyclic) bond motifs is 3. The minimum absolute atomic E-state index is 0.150. The predicted octanol–water partition coefficient (Wildman–Crippen LogP) is 5.42. The molecule has 6 heteroatoms. The first-order valence-electron chi connectivity index (χ1n) is 10.1. The molecular weight excluding hydrogens is 408 g/mol. The van der Waals surface area contributed by atoms with E-state index in [0.29, 0.717) is 34.0 Å². The Morgan fingerprint density at radius 3 is 2.42 bits per heavy atom. The van der Waals surface area contributed by atoms with Crippen LogP contribution in [0, 0.1) is 0 Å². The van der Waals surface area contributed by atoms with Crippen molar-refractivity contribution in [3.63, 3.8) is 0 Å². The molecule has 3 aromatic rings. The van der Waals surface area contributed by atoms with Crippen molar-refractivity contribution in [3.8, 4) is 11.1 Å². The molecule has 31 heavy (non-hydrogen) atoms. The summed E-state index contributed by atoms with van der Waals surface area (Å²) in [7, 11) is -3.69. The normalized spacial score (nSPS) is 14.0. The SMILES string of the molecule is C=CCN1c2ccc(C(=O)Nc3ccc(C(C)C)cc3)cc2-c2ccccc2S1(=O)=O. The van der Waals surface area contributed by atoms with E-state index >= 15 is 0 Å². The van der Waals surface area contributed by atoms with Crippen LogP contribution in [-0.2, 0) is 10.0 Å². The smallest absolute Gasteiger partial charge is 0.265 e. The Balaban J connectivity index is 1.72. The van der Waals surface area contributed by atoms with E-state index < -0.39 is 10.0 Å². The Labute approximate surface area is 183 Å². The van der Waals surface area contributed by atoms with Gasteiger partial charge in [0.1, 0.15) is 0 Å². The third kappa shape index (κ3) is 3.75. The van der Waals surface area contributed by atoms with Crippen LogP contribution in [-0.4, -0.2) is 20.9 Å². The van der Waals surface area contributed by atoms with Crippen LogP contribution < -0.4 is 9.62 Å². The number of nitrogens with one attached hydrogen (secondary N) is 1. The molecular formula is C25H24N2O3S. The van der Waals surface area contributed by atoms with Gasteiger partial charge < -0.3 is 5.32 Å². The number of anilines is 2. The quantitative estimate of drug-likeness (QED) is 0.547. The molecule has 0 aromatic heterocycles. The van der Waals surface area contributed by atoms with E-state index in [9.17, 15) is 13.2 Å². The maximum absolute atomic E-state index is 13.1. The summed E-state index contributed by atoms with van der Waals surface area (Å²) in [5.41, 5.74) is 4.20. The number of carbonyl (C=O) groups is 1. The summed E-state index contributed by atoms with van der Waals surface area (Å²) in [5, 5.41) is 2.92. The van der Waals surface area contributed by atoms with Crippen LogP contribution >= 0.6 is 0 Å². The standard InChI is InChI=1S/C25H24N2O3S/c1-4-15-27-23-14-11-19(25(28)26-20-12-9-18(10-13-20)17(2)3)16-22(23)21-7-5-6-8-24(21)31(27,29)30/h4-14,16-17H,1,15H2,2-3H3,(H,26,28). The number of benzene rings is 3. The number of carbonyl (C=O) groups excluding carboxylic acids is 1. The number of amides is 1. The van der Waals surface area contributed by atoms with Crippen molar-refractivity contribution in [2.45, 2.75) is 24.7 Å². The molecule has 0 spiro atoms. The fourth-order valence-electron chi connectivity index (χ4n) is 3.74. The Kier molecular flexibility index (Phi) is 5.41. The lowest BCUT2D eigenvalue weighted by Gasteiger charge is -2.31. The number of hydrogen-bond donors (Lipinski definition) is 1. The number of hydrogen-bond acceptors (Lipinski definition) is 3. The van der Waals surface area contributed by atoms with Gasteiger partial charge in [-0.25, -0.2) is 8.42 Å². The molecule has 1 N–H and O–H groups in total. The minimum Gasteiger partial charge on any atom is -0.322 e. The Morgan fingerprint density at radius 1 is 1.03 bits per heavy atom. The van der Waals surface area contributed by atoms with E-state index in [2.05, 4.69) is 25.7 Å². The summed E-state index contributed by atoms with van der Waals surface area (Å²) in [4.78, 5) is 13.1. The maximum Gasteiger partial charge on any atom is 0.265 e. The molecule has 0 saturated carbocycles. The Morgan fingerprint density at radius 2 is 1.74 bits per heavy atom. The summed E-state index contributed by atoms with van der Waals surface area (Å²) in [5.74, 6) is 0.168. The Hall–Kier alpha value is -3.38. The summed E-state index contributed by atoms with van der Waals surface area (Å²) in [6, 6.07) is 19.7. The molecule has 3 aromatic carbocycles. The molecule has 5 nitrogen and oxygen atoms in total. The van der Waals surface area contributed by atoms with Crippen LogP contribution in [0.15, 0.2) is 84.3 Å². The van der Waals surface area contributed by atoms with Gasteiger partial charge in [0.15, 0.2) is 0 Å². The second-order valence-electron chi connectivity index (χ2n) is 7.78. The number of sulfonamides is 1. The molecule has 1 aliphatic heterocycles. The van der Waals surface area contributed by atoms with Gasteiger partial charge in [-0.1, -0.05) is 50.3 Å². The van der Waals surface area contributed by atoms with Crippen molar-refractivity contribution in [3.05, 3.63) is 90.5 Å². The highest BCUT2D eigenvalue weighted by Gasteiger charge is 2.34. The van der Waals surface area contributed by atoms with Gasteiger partial charge in [-0.15, -0.1) is 6.58 Å². The summed E-state index contributed by atoms with van der Waals surface area (Å²) in [6.45, 7) is 8.08. The van der Waals surface area contributed by atoms with E-state index in [4.69, 9.17) is 0 Å². The van der Waals surface area contributed by atoms with Crippen LogP contribution in [0.1, 0.15) is 35.7 Å². The molecule has 0 radical (unpaired) electrons. The molecule has 1 aliphatic rings. The van der Waals surface area contributed by atoms with Crippen molar-refractivity contribution in [1.82, 2.24) is 0 Å². The van der Waals surface area contributed by atoms with Gasteiger partial charge in [0.05, 0.1) is 17.1 Å². The average Bonchev–Trinajstić information content (AvgIpc) is 2.77. The summed E-state index contributed by atoms with van der Waals surface area (Å²) in [6.07, 6.45) is 1.55. The molecule has 0 unspecified atom stereocenters. The van der Waals surface area contributed by atoms with Crippen LogP contribution in [0.5, 0.6) is 0 Å². The van der Waals surface area contributed by atoms with Gasteiger partial charge in [0, 0.05) is 22.4 Å². The maximum atomic E-state index is 13.1. The van der Waals surface area contributed by atoms with Gasteiger partial charge in [-0.05, 0) is 47.9 Å². The van der Waals surface area contributed by atoms with E-state index in [1.807, 2.05) is 24.3 Å².